The van der Waals surface area contributed by atoms with E-state index in [9.17, 15) is 0 Å². The zero-order chi connectivity index (χ0) is 25.1. The van der Waals surface area contributed by atoms with E-state index in [1.165, 1.54) is 135 Å². The third kappa shape index (κ3) is 21.0. The minimum absolute atomic E-state index is 0.259. The molecule has 0 unspecified atom stereocenters. The minimum Gasteiger partial charge on any atom is -0.0991 e. The van der Waals surface area contributed by atoms with Crippen molar-refractivity contribution in [1.29, 1.82) is 0 Å². The molecule has 0 aromatic heterocycles. The van der Waals surface area contributed by atoms with Crippen molar-refractivity contribution in [1.82, 2.24) is 0 Å². The van der Waals surface area contributed by atoms with Gasteiger partial charge in [0.15, 0.2) is 0 Å². The lowest BCUT2D eigenvalue weighted by Gasteiger charge is -2.36. The fourth-order valence-electron chi connectivity index (χ4n) is 5.31. The van der Waals surface area contributed by atoms with E-state index in [1.807, 2.05) is 0 Å². The van der Waals surface area contributed by atoms with Gasteiger partial charge in [-0.2, -0.15) is 0 Å². The van der Waals surface area contributed by atoms with Crippen LogP contribution in [-0.4, -0.2) is 30.0 Å². The highest BCUT2D eigenvalue weighted by atomic mass is 31.2. The number of hydrogen-bond donors (Lipinski definition) is 0. The summed E-state index contributed by atoms with van der Waals surface area (Å²) in [6.45, 7) is 11.9. The molecule has 0 bridgehead atoms. The topological polar surface area (TPSA) is 0 Å². The fourth-order valence-corrected chi connectivity index (χ4v) is 13.8. The summed E-state index contributed by atoms with van der Waals surface area (Å²) < 4.78 is 0. The van der Waals surface area contributed by atoms with Crippen molar-refractivity contribution in [3.05, 3.63) is 0 Å². The van der Waals surface area contributed by atoms with Gasteiger partial charge in [-0.3, -0.25) is 0 Å². The van der Waals surface area contributed by atoms with Crippen molar-refractivity contribution in [2.75, 3.05) is 24.6 Å². The SMILES string of the molecule is CCCCCCCC(P(CCCCCC)CCCCCC)P(CCCCCC)CCCCCC. The molecule has 0 heterocycles. The molecule has 0 fully saturated rings. The Labute approximate surface area is 221 Å². The van der Waals surface area contributed by atoms with Gasteiger partial charge in [0.2, 0.25) is 0 Å². The number of unbranched alkanes of at least 4 members (excludes halogenated alkanes) is 16. The Balaban J connectivity index is 5.33. The summed E-state index contributed by atoms with van der Waals surface area (Å²) in [6.07, 6.45) is 39.0. The van der Waals surface area contributed by atoms with Gasteiger partial charge in [-0.25, -0.2) is 0 Å². The fraction of sp³-hybridized carbons (Fsp3) is 1.00. The van der Waals surface area contributed by atoms with Crippen LogP contribution < -0.4 is 0 Å². The van der Waals surface area contributed by atoms with Crippen LogP contribution in [0.4, 0.5) is 0 Å². The molecule has 34 heavy (non-hydrogen) atoms. The molecule has 0 rings (SSSR count). The summed E-state index contributed by atoms with van der Waals surface area (Å²) in [5.41, 5.74) is 0. The van der Waals surface area contributed by atoms with Gasteiger partial charge in [0.25, 0.3) is 0 Å². The predicted molar refractivity (Wildman–Crippen MR) is 167 cm³/mol. The Morgan fingerprint density at radius 1 is 0.324 bits per heavy atom. The first kappa shape index (κ1) is 34.9. The summed E-state index contributed by atoms with van der Waals surface area (Å²) in [4.78, 5) is 0. The standard InChI is InChI=1S/C32H68P2/c1-6-11-16-21-22-27-32(33(28-23-17-12-7-2)29-24-18-13-8-3)34(30-25-19-14-9-4)31-26-20-15-10-5/h32H,6-31H2,1-5H3. The van der Waals surface area contributed by atoms with E-state index in [4.69, 9.17) is 0 Å². The molecule has 0 aliphatic carbocycles. The lowest BCUT2D eigenvalue weighted by Crippen LogP contribution is -2.13. The number of hydrogen-bond acceptors (Lipinski definition) is 0. The highest BCUT2D eigenvalue weighted by Gasteiger charge is 2.27. The molecule has 206 valence electrons. The van der Waals surface area contributed by atoms with Crippen molar-refractivity contribution in [3.8, 4) is 0 Å². The highest BCUT2D eigenvalue weighted by Crippen LogP contribution is 2.61. The molecule has 0 aromatic carbocycles. The van der Waals surface area contributed by atoms with Gasteiger partial charge >= 0.3 is 0 Å². The van der Waals surface area contributed by atoms with Gasteiger partial charge in [0.1, 0.15) is 0 Å². The molecular weight excluding hydrogens is 446 g/mol. The lowest BCUT2D eigenvalue weighted by atomic mass is 10.1. The van der Waals surface area contributed by atoms with E-state index >= 15 is 0 Å². The monoisotopic (exact) mass is 514 g/mol. The molecule has 0 nitrogen and oxygen atoms in total. The van der Waals surface area contributed by atoms with E-state index in [1.54, 1.807) is 31.1 Å². The van der Waals surface area contributed by atoms with Crippen LogP contribution in [0, 0.1) is 0 Å². The summed E-state index contributed by atoms with van der Waals surface area (Å²) in [5, 5.41) is 1.15. The van der Waals surface area contributed by atoms with Gasteiger partial charge in [0, 0.05) is 0 Å². The quantitative estimate of drug-likeness (QED) is 0.0719. The third-order valence-electron chi connectivity index (χ3n) is 7.60. The van der Waals surface area contributed by atoms with E-state index in [0.29, 0.717) is 0 Å². The van der Waals surface area contributed by atoms with Gasteiger partial charge in [-0.1, -0.05) is 160 Å². The van der Waals surface area contributed by atoms with Gasteiger partial charge < -0.3 is 0 Å². The first-order valence-electron chi connectivity index (χ1n) is 16.2. The first-order valence-corrected chi connectivity index (χ1v) is 19.8. The predicted octanol–water partition coefficient (Wildman–Crippen LogP) is 13.0. The van der Waals surface area contributed by atoms with Crippen LogP contribution in [-0.2, 0) is 0 Å². The maximum atomic E-state index is 2.37. The zero-order valence-corrected chi connectivity index (χ0v) is 26.6. The molecule has 2 heteroatoms. The summed E-state index contributed by atoms with van der Waals surface area (Å²) in [7, 11) is 0.517. The van der Waals surface area contributed by atoms with Crippen molar-refractivity contribution in [3.63, 3.8) is 0 Å². The van der Waals surface area contributed by atoms with Crippen LogP contribution in [0.1, 0.15) is 176 Å². The van der Waals surface area contributed by atoms with E-state index in [0.717, 1.165) is 5.40 Å². The second-order valence-corrected chi connectivity index (χ2v) is 16.8. The average Bonchev–Trinajstić information content (AvgIpc) is 2.85. The zero-order valence-electron chi connectivity index (χ0n) is 24.9. The molecule has 0 atom stereocenters. The first-order chi connectivity index (χ1) is 16.7. The largest absolute Gasteiger partial charge is 0.0991 e. The molecule has 0 amide bonds. The summed E-state index contributed by atoms with van der Waals surface area (Å²) >= 11 is 0. The Kier molecular flexibility index (Phi) is 29.2. The van der Waals surface area contributed by atoms with Crippen LogP contribution in [0.15, 0.2) is 0 Å². The second kappa shape index (κ2) is 28.4. The Bertz CT molecular complexity index is 318. The van der Waals surface area contributed by atoms with Crippen LogP contribution in [0.2, 0.25) is 0 Å². The maximum absolute atomic E-state index is 2.37. The summed E-state index contributed by atoms with van der Waals surface area (Å²) in [5.74, 6) is 0. The minimum atomic E-state index is 0.259. The molecule has 0 N–H and O–H groups in total. The third-order valence-corrected chi connectivity index (χ3v) is 15.3. The van der Waals surface area contributed by atoms with E-state index in [-0.39, 0.29) is 15.8 Å². The van der Waals surface area contributed by atoms with Gasteiger partial charge in [-0.15, -0.1) is 0 Å². The molecular formula is C32H68P2. The Morgan fingerprint density at radius 2 is 0.588 bits per heavy atom. The highest BCUT2D eigenvalue weighted by molar-refractivity contribution is 7.75. The number of rotatable bonds is 28. The maximum Gasteiger partial charge on any atom is -0.000583 e. The Hall–Kier alpha value is 0.860. The Morgan fingerprint density at radius 3 is 0.882 bits per heavy atom. The second-order valence-electron chi connectivity index (χ2n) is 11.0. The smallest absolute Gasteiger partial charge is 0.000583 e. The molecule has 0 aromatic rings. The average molecular weight is 515 g/mol. The summed E-state index contributed by atoms with van der Waals surface area (Å²) in [6, 6.07) is 0. The van der Waals surface area contributed by atoms with Crippen LogP contribution >= 0.6 is 15.8 Å². The van der Waals surface area contributed by atoms with Gasteiger partial charge in [0.05, 0.1) is 0 Å². The molecule has 0 spiro atoms. The van der Waals surface area contributed by atoms with Gasteiger partial charge in [-0.05, 0) is 62.2 Å². The van der Waals surface area contributed by atoms with E-state index < -0.39 is 0 Å². The molecule has 0 aliphatic heterocycles. The molecule has 0 radical (unpaired) electrons. The van der Waals surface area contributed by atoms with Crippen molar-refractivity contribution < 1.29 is 0 Å². The molecule has 0 aliphatic rings. The van der Waals surface area contributed by atoms with Crippen molar-refractivity contribution in [2.45, 2.75) is 181 Å². The van der Waals surface area contributed by atoms with Crippen LogP contribution in [0.5, 0.6) is 0 Å². The van der Waals surface area contributed by atoms with Crippen molar-refractivity contribution >= 4 is 15.8 Å². The van der Waals surface area contributed by atoms with Crippen molar-refractivity contribution in [2.24, 2.45) is 0 Å². The normalized spacial score (nSPS) is 12.0. The van der Waals surface area contributed by atoms with E-state index in [2.05, 4.69) is 34.6 Å². The molecule has 0 saturated heterocycles. The lowest BCUT2D eigenvalue weighted by molar-refractivity contribution is 0.617. The van der Waals surface area contributed by atoms with Crippen LogP contribution in [0.3, 0.4) is 0 Å². The molecule has 0 saturated carbocycles. The van der Waals surface area contributed by atoms with Crippen LogP contribution in [0.25, 0.3) is 0 Å².